The molecule has 4 aromatic rings. The molecule has 1 aliphatic heterocycles. The van der Waals surface area contributed by atoms with Gasteiger partial charge in [-0.3, -0.25) is 5.10 Å². The number of piperidine rings is 1. The summed E-state index contributed by atoms with van der Waals surface area (Å²) in [5.41, 5.74) is 1.83. The fourth-order valence-corrected chi connectivity index (χ4v) is 5.50. The molecule has 0 amide bonds. The zero-order valence-electron chi connectivity index (χ0n) is 17.8. The van der Waals surface area contributed by atoms with Gasteiger partial charge in [0.25, 0.3) is 0 Å². The summed E-state index contributed by atoms with van der Waals surface area (Å²) in [4.78, 5) is 2.44. The van der Waals surface area contributed by atoms with E-state index in [1.54, 1.807) is 6.07 Å². The maximum atomic E-state index is 13.4. The molecular formula is C22H24FN5O4S. The Hall–Kier alpha value is -3.02. The lowest BCUT2D eigenvalue weighted by atomic mass is 9.91. The van der Waals surface area contributed by atoms with Crippen LogP contribution in [-0.2, 0) is 10.0 Å². The van der Waals surface area contributed by atoms with E-state index in [4.69, 9.17) is 4.52 Å². The average Bonchev–Trinajstić information content (AvgIpc) is 3.40. The van der Waals surface area contributed by atoms with Gasteiger partial charge in [0, 0.05) is 23.9 Å². The molecule has 0 radical (unpaired) electrons. The number of halogens is 1. The van der Waals surface area contributed by atoms with E-state index in [9.17, 15) is 17.9 Å². The van der Waals surface area contributed by atoms with Crippen molar-refractivity contribution >= 4 is 31.9 Å². The third-order valence-corrected chi connectivity index (χ3v) is 7.66. The molecule has 5 rings (SSSR count). The molecule has 9 nitrogen and oxygen atoms in total. The number of aromatic nitrogens is 3. The molecule has 0 bridgehead atoms. The van der Waals surface area contributed by atoms with Crippen LogP contribution in [-0.4, -0.2) is 60.0 Å². The number of aromatic hydroxyl groups is 1. The zero-order chi connectivity index (χ0) is 23.0. The molecule has 33 heavy (non-hydrogen) atoms. The topological polar surface area (TPSA) is 124 Å². The fourth-order valence-electron chi connectivity index (χ4n) is 4.40. The molecule has 1 aliphatic rings. The van der Waals surface area contributed by atoms with E-state index in [2.05, 4.69) is 25.0 Å². The predicted molar refractivity (Wildman–Crippen MR) is 120 cm³/mol. The molecule has 11 heteroatoms. The normalized spacial score (nSPS) is 16.2. The molecule has 1 fully saturated rings. The van der Waals surface area contributed by atoms with E-state index in [0.717, 1.165) is 43.6 Å². The summed E-state index contributed by atoms with van der Waals surface area (Å²) in [5, 5.41) is 21.4. The second-order valence-electron chi connectivity index (χ2n) is 8.33. The predicted octanol–water partition coefficient (Wildman–Crippen LogP) is 3.10. The van der Waals surface area contributed by atoms with Crippen molar-refractivity contribution in [3.8, 4) is 5.88 Å². The largest absolute Gasteiger partial charge is 0.492 e. The molecule has 3 heterocycles. The summed E-state index contributed by atoms with van der Waals surface area (Å²) in [7, 11) is -3.65. The summed E-state index contributed by atoms with van der Waals surface area (Å²) in [6.45, 7) is 2.88. The number of rotatable bonds is 7. The number of aromatic amines is 1. The second kappa shape index (κ2) is 8.73. The minimum atomic E-state index is -3.65. The highest BCUT2D eigenvalue weighted by Gasteiger charge is 2.25. The minimum absolute atomic E-state index is 0.124. The Bertz CT molecular complexity index is 1390. The summed E-state index contributed by atoms with van der Waals surface area (Å²) >= 11 is 0. The smallest absolute Gasteiger partial charge is 0.240 e. The number of hydrogen-bond acceptors (Lipinski definition) is 7. The van der Waals surface area contributed by atoms with Crippen molar-refractivity contribution in [2.24, 2.45) is 0 Å². The summed E-state index contributed by atoms with van der Waals surface area (Å²) in [5.74, 6) is -0.226. The monoisotopic (exact) mass is 473 g/mol. The maximum Gasteiger partial charge on any atom is 0.240 e. The van der Waals surface area contributed by atoms with Crippen LogP contribution >= 0.6 is 0 Å². The van der Waals surface area contributed by atoms with Gasteiger partial charge in [0.05, 0.1) is 21.5 Å². The van der Waals surface area contributed by atoms with Gasteiger partial charge >= 0.3 is 0 Å². The van der Waals surface area contributed by atoms with Gasteiger partial charge in [-0.25, -0.2) is 17.5 Å². The second-order valence-corrected chi connectivity index (χ2v) is 10.1. The number of sulfonamides is 1. The van der Waals surface area contributed by atoms with Crippen LogP contribution in [0.1, 0.15) is 30.9 Å². The van der Waals surface area contributed by atoms with Crippen LogP contribution < -0.4 is 4.72 Å². The number of nitrogens with zero attached hydrogens (tertiary/aromatic N) is 3. The standard InChI is InChI=1S/C22H24FN5O4S/c23-15-2-4-18-20(12-15)32-27-21(18)14-6-10-28(11-7-14)9-1-8-24-33(30,31)16-3-5-17-19(13-16)25-26-22(17)29/h2-5,12-14,24H,1,6-11H2,(H2,25,26,29). The highest BCUT2D eigenvalue weighted by atomic mass is 32.2. The Balaban J connectivity index is 1.11. The van der Waals surface area contributed by atoms with Gasteiger partial charge in [-0.2, -0.15) is 0 Å². The van der Waals surface area contributed by atoms with Gasteiger partial charge in [-0.05, 0) is 69.2 Å². The Morgan fingerprint density at radius 3 is 2.79 bits per heavy atom. The molecule has 2 aromatic heterocycles. The highest BCUT2D eigenvalue weighted by molar-refractivity contribution is 7.89. The minimum Gasteiger partial charge on any atom is -0.492 e. The van der Waals surface area contributed by atoms with Crippen molar-refractivity contribution < 1.29 is 22.4 Å². The first kappa shape index (κ1) is 21.8. The maximum absolute atomic E-state index is 13.4. The Morgan fingerprint density at radius 2 is 1.97 bits per heavy atom. The summed E-state index contributed by atoms with van der Waals surface area (Å²) < 4.78 is 46.5. The Labute approximate surface area is 189 Å². The van der Waals surface area contributed by atoms with Crippen molar-refractivity contribution in [2.45, 2.75) is 30.1 Å². The molecule has 174 valence electrons. The van der Waals surface area contributed by atoms with Crippen molar-refractivity contribution in [3.63, 3.8) is 0 Å². The quantitative estimate of drug-likeness (QED) is 0.352. The first-order valence-electron chi connectivity index (χ1n) is 10.8. The van der Waals surface area contributed by atoms with Crippen molar-refractivity contribution in [2.75, 3.05) is 26.2 Å². The number of H-pyrrole nitrogens is 1. The number of hydrogen-bond donors (Lipinski definition) is 3. The molecular weight excluding hydrogens is 449 g/mol. The lowest BCUT2D eigenvalue weighted by Crippen LogP contribution is -2.35. The number of fused-ring (bicyclic) bond motifs is 2. The van der Waals surface area contributed by atoms with Gasteiger partial charge in [0.2, 0.25) is 15.9 Å². The lowest BCUT2D eigenvalue weighted by molar-refractivity contribution is 0.208. The number of benzene rings is 2. The van der Waals surface area contributed by atoms with E-state index >= 15 is 0 Å². The SMILES string of the molecule is O=S(=O)(NCCCN1CCC(c2noc3cc(F)ccc23)CC1)c1ccc2c(O)n[nH]c2c1. The Kier molecular flexibility index (Phi) is 5.77. The summed E-state index contributed by atoms with van der Waals surface area (Å²) in [6.07, 6.45) is 2.52. The highest BCUT2D eigenvalue weighted by Crippen LogP contribution is 2.32. The van der Waals surface area contributed by atoms with Crippen LogP contribution in [0.2, 0.25) is 0 Å². The molecule has 3 N–H and O–H groups in total. The van der Waals surface area contributed by atoms with Gasteiger partial charge in [-0.15, -0.1) is 5.10 Å². The van der Waals surface area contributed by atoms with Crippen LogP contribution in [0, 0.1) is 5.82 Å². The van der Waals surface area contributed by atoms with Crippen molar-refractivity contribution in [3.05, 3.63) is 47.9 Å². The van der Waals surface area contributed by atoms with Gasteiger partial charge < -0.3 is 14.5 Å². The molecule has 1 saturated heterocycles. The van der Waals surface area contributed by atoms with Gasteiger partial charge in [0.1, 0.15) is 5.82 Å². The zero-order valence-corrected chi connectivity index (χ0v) is 18.6. The van der Waals surface area contributed by atoms with E-state index in [1.807, 2.05) is 0 Å². The van der Waals surface area contributed by atoms with Crippen molar-refractivity contribution in [1.82, 2.24) is 25.0 Å². The van der Waals surface area contributed by atoms with Crippen molar-refractivity contribution in [1.29, 1.82) is 0 Å². The molecule has 0 spiro atoms. The van der Waals surface area contributed by atoms with E-state index in [1.165, 1.54) is 30.3 Å². The van der Waals surface area contributed by atoms with Gasteiger partial charge in [-0.1, -0.05) is 5.16 Å². The molecule has 2 aromatic carbocycles. The van der Waals surface area contributed by atoms with E-state index in [0.29, 0.717) is 29.5 Å². The van der Waals surface area contributed by atoms with E-state index < -0.39 is 10.0 Å². The number of likely N-dealkylation sites (tertiary alicyclic amines) is 1. The lowest BCUT2D eigenvalue weighted by Gasteiger charge is -2.31. The van der Waals surface area contributed by atoms with Crippen LogP contribution in [0.4, 0.5) is 4.39 Å². The molecule has 0 atom stereocenters. The molecule has 0 saturated carbocycles. The number of nitrogens with one attached hydrogen (secondary N) is 2. The Morgan fingerprint density at radius 1 is 1.18 bits per heavy atom. The molecule has 0 unspecified atom stereocenters. The van der Waals surface area contributed by atoms with Crippen LogP contribution in [0.15, 0.2) is 45.8 Å². The van der Waals surface area contributed by atoms with Crippen LogP contribution in [0.5, 0.6) is 5.88 Å². The fraction of sp³-hybridized carbons (Fsp3) is 0.364. The van der Waals surface area contributed by atoms with Crippen LogP contribution in [0.25, 0.3) is 21.9 Å². The average molecular weight is 474 g/mol. The van der Waals surface area contributed by atoms with Crippen LogP contribution in [0.3, 0.4) is 0 Å². The molecule has 0 aliphatic carbocycles. The summed E-state index contributed by atoms with van der Waals surface area (Å²) in [6, 6.07) is 8.95. The first-order valence-corrected chi connectivity index (χ1v) is 12.3. The van der Waals surface area contributed by atoms with E-state index in [-0.39, 0.29) is 22.5 Å². The third kappa shape index (κ3) is 4.43. The first-order chi connectivity index (χ1) is 15.9. The van der Waals surface area contributed by atoms with Gasteiger partial charge in [0.15, 0.2) is 5.58 Å². The third-order valence-electron chi connectivity index (χ3n) is 6.20.